The fourth-order valence-electron chi connectivity index (χ4n) is 2.75. The smallest absolute Gasteiger partial charge is 0.161 e. The van der Waals surface area contributed by atoms with Crippen LogP contribution in [0.15, 0.2) is 48.5 Å². The molecule has 0 radical (unpaired) electrons. The Morgan fingerprint density at radius 3 is 2.44 bits per heavy atom. The Morgan fingerprint density at radius 2 is 1.67 bits per heavy atom. The molecule has 0 unspecified atom stereocenters. The van der Waals surface area contributed by atoms with Crippen molar-refractivity contribution in [3.05, 3.63) is 59.7 Å². The highest BCUT2D eigenvalue weighted by atomic mass is 16.5. The van der Waals surface area contributed by atoms with E-state index >= 15 is 0 Å². The Balaban J connectivity index is 1.69. The first kappa shape index (κ1) is 21.3. The van der Waals surface area contributed by atoms with Crippen LogP contribution in [0.5, 0.6) is 11.5 Å². The molecule has 0 saturated carbocycles. The summed E-state index contributed by atoms with van der Waals surface area (Å²) >= 11 is 0. The van der Waals surface area contributed by atoms with E-state index in [1.54, 1.807) is 7.11 Å². The molecule has 0 amide bonds. The minimum atomic E-state index is 0.635. The molecule has 2 aromatic rings. The van der Waals surface area contributed by atoms with Gasteiger partial charge in [-0.2, -0.15) is 0 Å². The Hall–Kier alpha value is -2.04. The van der Waals surface area contributed by atoms with Crippen molar-refractivity contribution in [3.63, 3.8) is 0 Å². The normalized spacial score (nSPS) is 10.7. The molecule has 2 aromatic carbocycles. The van der Waals surface area contributed by atoms with Crippen LogP contribution >= 0.6 is 0 Å². The van der Waals surface area contributed by atoms with Gasteiger partial charge in [-0.25, -0.2) is 0 Å². The highest BCUT2D eigenvalue weighted by molar-refractivity contribution is 5.43. The summed E-state index contributed by atoms with van der Waals surface area (Å²) in [5.41, 5.74) is 2.46. The molecule has 4 nitrogen and oxygen atoms in total. The van der Waals surface area contributed by atoms with Crippen molar-refractivity contribution >= 4 is 0 Å². The molecule has 0 saturated heterocycles. The van der Waals surface area contributed by atoms with Crippen molar-refractivity contribution in [2.24, 2.45) is 0 Å². The lowest BCUT2D eigenvalue weighted by molar-refractivity contribution is 0.129. The topological polar surface area (TPSA) is 39.7 Å². The first-order valence-corrected chi connectivity index (χ1v) is 9.95. The van der Waals surface area contributed by atoms with Crippen LogP contribution in [0.1, 0.15) is 37.3 Å². The summed E-state index contributed by atoms with van der Waals surface area (Å²) < 4.78 is 17.0. The first-order chi connectivity index (χ1) is 13.3. The zero-order chi connectivity index (χ0) is 19.2. The molecule has 0 aromatic heterocycles. The van der Waals surface area contributed by atoms with Crippen LogP contribution in [0.2, 0.25) is 0 Å². The number of unbranched alkanes of at least 4 members (excludes halogenated alkanes) is 1. The van der Waals surface area contributed by atoms with Gasteiger partial charge in [0.05, 0.1) is 13.7 Å². The highest BCUT2D eigenvalue weighted by Gasteiger charge is 2.06. The fourth-order valence-corrected chi connectivity index (χ4v) is 2.75. The summed E-state index contributed by atoms with van der Waals surface area (Å²) in [5.74, 6) is 1.58. The van der Waals surface area contributed by atoms with Gasteiger partial charge in [0.2, 0.25) is 0 Å². The molecule has 27 heavy (non-hydrogen) atoms. The molecule has 0 fully saturated rings. The molecule has 2 rings (SSSR count). The summed E-state index contributed by atoms with van der Waals surface area (Å²) in [6.45, 7) is 6.28. The molecular formula is C23H33NO3. The van der Waals surface area contributed by atoms with E-state index in [2.05, 4.69) is 42.6 Å². The molecule has 0 heterocycles. The second kappa shape index (κ2) is 13.2. The second-order valence-corrected chi connectivity index (χ2v) is 6.57. The largest absolute Gasteiger partial charge is 0.493 e. The van der Waals surface area contributed by atoms with Gasteiger partial charge in [-0.15, -0.1) is 0 Å². The lowest BCUT2D eigenvalue weighted by Gasteiger charge is -2.13. The van der Waals surface area contributed by atoms with Gasteiger partial charge < -0.3 is 19.5 Å². The molecule has 0 spiro atoms. The van der Waals surface area contributed by atoms with E-state index in [9.17, 15) is 0 Å². The summed E-state index contributed by atoms with van der Waals surface area (Å²) in [6, 6.07) is 16.5. The zero-order valence-corrected chi connectivity index (χ0v) is 16.7. The molecule has 1 N–H and O–H groups in total. The van der Waals surface area contributed by atoms with Gasteiger partial charge in [-0.1, -0.05) is 49.7 Å². The first-order valence-electron chi connectivity index (χ1n) is 9.95. The Morgan fingerprint density at radius 1 is 0.852 bits per heavy atom. The third-order valence-electron chi connectivity index (χ3n) is 4.33. The third kappa shape index (κ3) is 8.46. The Labute approximate surface area is 163 Å². The SMILES string of the molecule is CCCCOCCCNCc1ccc(OCCc2ccccc2)c(OC)c1. The number of hydrogen-bond donors (Lipinski definition) is 1. The van der Waals surface area contributed by atoms with Crippen LogP contribution in [0.3, 0.4) is 0 Å². The van der Waals surface area contributed by atoms with Gasteiger partial charge >= 0.3 is 0 Å². The number of hydrogen-bond acceptors (Lipinski definition) is 4. The number of ether oxygens (including phenoxy) is 3. The van der Waals surface area contributed by atoms with Crippen molar-refractivity contribution in [2.75, 3.05) is 33.5 Å². The molecule has 0 aliphatic carbocycles. The lowest BCUT2D eigenvalue weighted by Crippen LogP contribution is -2.16. The minimum absolute atomic E-state index is 0.635. The van der Waals surface area contributed by atoms with Crippen molar-refractivity contribution in [2.45, 2.75) is 39.2 Å². The predicted octanol–water partition coefficient (Wildman–Crippen LogP) is 4.61. The van der Waals surface area contributed by atoms with Gasteiger partial charge in [-0.3, -0.25) is 0 Å². The van der Waals surface area contributed by atoms with E-state index in [4.69, 9.17) is 14.2 Å². The highest BCUT2D eigenvalue weighted by Crippen LogP contribution is 2.28. The summed E-state index contributed by atoms with van der Waals surface area (Å²) in [4.78, 5) is 0. The zero-order valence-electron chi connectivity index (χ0n) is 16.7. The monoisotopic (exact) mass is 371 g/mol. The molecule has 4 heteroatoms. The van der Waals surface area contributed by atoms with Gasteiger partial charge in [0, 0.05) is 26.2 Å². The van der Waals surface area contributed by atoms with Crippen LogP contribution in [0.4, 0.5) is 0 Å². The molecule has 0 atom stereocenters. The van der Waals surface area contributed by atoms with Crippen molar-refractivity contribution in [3.8, 4) is 11.5 Å². The Kier molecular flexibility index (Phi) is 10.4. The van der Waals surface area contributed by atoms with E-state index in [0.717, 1.165) is 57.1 Å². The minimum Gasteiger partial charge on any atom is -0.493 e. The summed E-state index contributed by atoms with van der Waals surface area (Å²) in [5, 5.41) is 3.45. The van der Waals surface area contributed by atoms with Crippen LogP contribution < -0.4 is 14.8 Å². The molecule has 0 bridgehead atoms. The molecule has 0 aliphatic rings. The Bertz CT molecular complexity index is 631. The molecular weight excluding hydrogens is 338 g/mol. The number of nitrogens with one attached hydrogen (secondary N) is 1. The lowest BCUT2D eigenvalue weighted by atomic mass is 10.1. The van der Waals surface area contributed by atoms with Crippen LogP contribution in [-0.4, -0.2) is 33.5 Å². The van der Waals surface area contributed by atoms with E-state index in [-0.39, 0.29) is 0 Å². The van der Waals surface area contributed by atoms with E-state index < -0.39 is 0 Å². The van der Waals surface area contributed by atoms with Crippen LogP contribution in [-0.2, 0) is 17.7 Å². The predicted molar refractivity (Wildman–Crippen MR) is 111 cm³/mol. The van der Waals surface area contributed by atoms with Gasteiger partial charge in [-0.05, 0) is 42.6 Å². The van der Waals surface area contributed by atoms with Crippen molar-refractivity contribution in [1.82, 2.24) is 5.32 Å². The number of methoxy groups -OCH3 is 1. The molecule has 148 valence electrons. The summed E-state index contributed by atoms with van der Waals surface area (Å²) in [6.07, 6.45) is 4.24. The second-order valence-electron chi connectivity index (χ2n) is 6.57. The van der Waals surface area contributed by atoms with Gasteiger partial charge in [0.15, 0.2) is 11.5 Å². The molecule has 0 aliphatic heterocycles. The van der Waals surface area contributed by atoms with Crippen LogP contribution in [0, 0.1) is 0 Å². The quantitative estimate of drug-likeness (QED) is 0.492. The average molecular weight is 372 g/mol. The maximum Gasteiger partial charge on any atom is 0.161 e. The maximum atomic E-state index is 5.91. The van der Waals surface area contributed by atoms with E-state index in [0.29, 0.717) is 6.61 Å². The fraction of sp³-hybridized carbons (Fsp3) is 0.478. The van der Waals surface area contributed by atoms with Crippen LogP contribution in [0.25, 0.3) is 0 Å². The van der Waals surface area contributed by atoms with E-state index in [1.807, 2.05) is 18.2 Å². The van der Waals surface area contributed by atoms with E-state index in [1.165, 1.54) is 17.5 Å². The number of rotatable bonds is 14. The summed E-state index contributed by atoms with van der Waals surface area (Å²) in [7, 11) is 1.68. The average Bonchev–Trinajstić information content (AvgIpc) is 2.71. The van der Waals surface area contributed by atoms with Crippen molar-refractivity contribution in [1.29, 1.82) is 0 Å². The van der Waals surface area contributed by atoms with Crippen molar-refractivity contribution < 1.29 is 14.2 Å². The maximum absolute atomic E-state index is 5.91. The third-order valence-corrected chi connectivity index (χ3v) is 4.33. The number of benzene rings is 2. The van der Waals surface area contributed by atoms with Gasteiger partial charge in [0.1, 0.15) is 0 Å². The standard InChI is InChI=1S/C23H33NO3/c1-3-4-15-26-16-8-14-24-19-21-11-12-22(23(18-21)25-2)27-17-13-20-9-6-5-7-10-20/h5-7,9-12,18,24H,3-4,8,13-17,19H2,1-2H3. The van der Waals surface area contributed by atoms with Gasteiger partial charge in [0.25, 0.3) is 0 Å².